The van der Waals surface area contributed by atoms with Crippen LogP contribution in [0.3, 0.4) is 0 Å². The quantitative estimate of drug-likeness (QED) is 0.897. The molecule has 0 aliphatic rings. The van der Waals surface area contributed by atoms with E-state index in [2.05, 4.69) is 5.32 Å². The Hall–Kier alpha value is -1.27. The summed E-state index contributed by atoms with van der Waals surface area (Å²) in [6.07, 6.45) is 1.15. The van der Waals surface area contributed by atoms with Gasteiger partial charge in [0.05, 0.1) is 5.75 Å². The molecule has 1 aromatic carbocycles. The highest BCUT2D eigenvalue weighted by Crippen LogP contribution is 2.11. The molecule has 0 spiro atoms. The van der Waals surface area contributed by atoms with Gasteiger partial charge in [0.2, 0.25) is 0 Å². The van der Waals surface area contributed by atoms with Crippen LogP contribution in [0.5, 0.6) is 0 Å². The molecule has 0 heterocycles. The van der Waals surface area contributed by atoms with Gasteiger partial charge in [-0.25, -0.2) is 13.2 Å². The van der Waals surface area contributed by atoms with Crippen LogP contribution < -0.4 is 5.32 Å². The van der Waals surface area contributed by atoms with Crippen LogP contribution in [0.1, 0.15) is 5.56 Å². The third-order valence-electron chi connectivity index (χ3n) is 2.52. The number of nitrogens with one attached hydrogen (secondary N) is 1. The fraction of sp³-hybridized carbons (Fsp3) is 0.417. The number of sulfone groups is 1. The van der Waals surface area contributed by atoms with Crippen molar-refractivity contribution in [1.82, 2.24) is 10.2 Å². The number of amides is 2. The molecule has 5 nitrogen and oxygen atoms in total. The summed E-state index contributed by atoms with van der Waals surface area (Å²) < 4.78 is 22.3. The highest BCUT2D eigenvalue weighted by atomic mass is 35.5. The lowest BCUT2D eigenvalue weighted by Gasteiger charge is -2.21. The minimum absolute atomic E-state index is 0.0615. The first kappa shape index (κ1) is 15.8. The van der Waals surface area contributed by atoms with Crippen LogP contribution in [0.25, 0.3) is 0 Å². The summed E-state index contributed by atoms with van der Waals surface area (Å²) in [6, 6.07) is 6.76. The van der Waals surface area contributed by atoms with Crippen molar-refractivity contribution in [3.05, 3.63) is 34.9 Å². The van der Waals surface area contributed by atoms with Crippen molar-refractivity contribution in [1.29, 1.82) is 0 Å². The van der Waals surface area contributed by atoms with Crippen molar-refractivity contribution < 1.29 is 13.2 Å². The van der Waals surface area contributed by atoms with Gasteiger partial charge in [0.25, 0.3) is 0 Å². The summed E-state index contributed by atoms with van der Waals surface area (Å²) in [5.41, 5.74) is 0.890. The molecule has 0 atom stereocenters. The van der Waals surface area contributed by atoms with E-state index >= 15 is 0 Å². The lowest BCUT2D eigenvalue weighted by atomic mass is 10.2. The zero-order valence-corrected chi connectivity index (χ0v) is 12.5. The number of urea groups is 1. The SMILES string of the molecule is CNC(=O)N(CCS(C)(=O)=O)Cc1ccc(Cl)cc1. The van der Waals surface area contributed by atoms with Crippen LogP contribution in [0, 0.1) is 0 Å². The third-order valence-corrected chi connectivity index (χ3v) is 3.70. The van der Waals surface area contributed by atoms with Gasteiger partial charge in [0, 0.05) is 31.4 Å². The first-order valence-electron chi connectivity index (χ1n) is 5.70. The molecule has 0 saturated heterocycles. The Kier molecular flexibility index (Phi) is 5.62. The number of carbonyl (C=O) groups excluding carboxylic acids is 1. The van der Waals surface area contributed by atoms with Crippen LogP contribution in [0.15, 0.2) is 24.3 Å². The largest absolute Gasteiger partial charge is 0.341 e. The molecule has 0 aliphatic carbocycles. The first-order chi connectivity index (χ1) is 8.81. The van der Waals surface area contributed by atoms with E-state index in [1.54, 1.807) is 24.3 Å². The molecular weight excluding hydrogens is 288 g/mol. The van der Waals surface area contributed by atoms with Gasteiger partial charge in [-0.2, -0.15) is 0 Å². The molecule has 0 fully saturated rings. The van der Waals surface area contributed by atoms with Crippen LogP contribution in [-0.4, -0.2) is 44.9 Å². The van der Waals surface area contributed by atoms with Crippen molar-refractivity contribution in [3.63, 3.8) is 0 Å². The van der Waals surface area contributed by atoms with E-state index in [-0.39, 0.29) is 18.3 Å². The Morgan fingerprint density at radius 2 is 1.89 bits per heavy atom. The average Bonchev–Trinajstić information content (AvgIpc) is 2.34. The van der Waals surface area contributed by atoms with E-state index in [4.69, 9.17) is 11.6 Å². The predicted octanol–water partition coefficient (Wildman–Crippen LogP) is 1.53. The van der Waals surface area contributed by atoms with Crippen molar-refractivity contribution in [2.45, 2.75) is 6.54 Å². The molecule has 2 amide bonds. The minimum atomic E-state index is -3.10. The van der Waals surface area contributed by atoms with Crippen LogP contribution >= 0.6 is 11.6 Å². The molecule has 7 heteroatoms. The summed E-state index contributed by atoms with van der Waals surface area (Å²) in [5, 5.41) is 3.12. The number of rotatable bonds is 5. The van der Waals surface area contributed by atoms with E-state index in [9.17, 15) is 13.2 Å². The van der Waals surface area contributed by atoms with E-state index in [0.29, 0.717) is 11.6 Å². The summed E-state index contributed by atoms with van der Waals surface area (Å²) >= 11 is 5.79. The van der Waals surface area contributed by atoms with Crippen molar-refractivity contribution in [2.75, 3.05) is 25.6 Å². The number of halogens is 1. The Morgan fingerprint density at radius 1 is 1.32 bits per heavy atom. The zero-order valence-electron chi connectivity index (χ0n) is 10.9. The van der Waals surface area contributed by atoms with Gasteiger partial charge < -0.3 is 10.2 Å². The van der Waals surface area contributed by atoms with Gasteiger partial charge in [-0.1, -0.05) is 23.7 Å². The second-order valence-electron chi connectivity index (χ2n) is 4.23. The fourth-order valence-corrected chi connectivity index (χ4v) is 2.17. The second kappa shape index (κ2) is 6.77. The van der Waals surface area contributed by atoms with Crippen LogP contribution in [0.2, 0.25) is 5.02 Å². The van der Waals surface area contributed by atoms with Gasteiger partial charge in [0.1, 0.15) is 9.84 Å². The Bertz CT molecular complexity index is 528. The maximum absolute atomic E-state index is 11.7. The molecule has 0 saturated carbocycles. The molecule has 0 aromatic heterocycles. The highest BCUT2D eigenvalue weighted by molar-refractivity contribution is 7.90. The molecule has 1 N–H and O–H groups in total. The summed E-state index contributed by atoms with van der Waals surface area (Å²) in [6.45, 7) is 0.494. The van der Waals surface area contributed by atoms with Gasteiger partial charge in [-0.3, -0.25) is 0 Å². The molecule has 0 radical (unpaired) electrons. The van der Waals surface area contributed by atoms with E-state index in [1.807, 2.05) is 0 Å². The van der Waals surface area contributed by atoms with Crippen molar-refractivity contribution >= 4 is 27.5 Å². The molecular formula is C12H17ClN2O3S. The van der Waals surface area contributed by atoms with Gasteiger partial charge >= 0.3 is 6.03 Å². The number of hydrogen-bond acceptors (Lipinski definition) is 3. The highest BCUT2D eigenvalue weighted by Gasteiger charge is 2.14. The summed E-state index contributed by atoms with van der Waals surface area (Å²) in [7, 11) is -1.59. The Labute approximate surface area is 118 Å². The van der Waals surface area contributed by atoms with Crippen molar-refractivity contribution in [3.8, 4) is 0 Å². The van der Waals surface area contributed by atoms with Crippen molar-refractivity contribution in [2.24, 2.45) is 0 Å². The Balaban J connectivity index is 2.74. The summed E-state index contributed by atoms with van der Waals surface area (Å²) in [5.74, 6) is -0.0615. The molecule has 0 bridgehead atoms. The molecule has 1 aromatic rings. The second-order valence-corrected chi connectivity index (χ2v) is 6.93. The lowest BCUT2D eigenvalue weighted by molar-refractivity contribution is 0.201. The number of nitrogens with zero attached hydrogens (tertiary/aromatic N) is 1. The zero-order chi connectivity index (χ0) is 14.5. The molecule has 0 aliphatic heterocycles. The predicted molar refractivity (Wildman–Crippen MR) is 76.0 cm³/mol. The third kappa shape index (κ3) is 5.94. The monoisotopic (exact) mass is 304 g/mol. The molecule has 106 valence electrons. The fourth-order valence-electron chi connectivity index (χ4n) is 1.50. The molecule has 1 rings (SSSR count). The standard InChI is InChI=1S/C12H17ClN2O3S/c1-14-12(16)15(7-8-19(2,17)18)9-10-3-5-11(13)6-4-10/h3-6H,7-9H2,1-2H3,(H,14,16). The number of benzene rings is 1. The maximum atomic E-state index is 11.7. The first-order valence-corrected chi connectivity index (χ1v) is 8.14. The lowest BCUT2D eigenvalue weighted by Crippen LogP contribution is -2.40. The van der Waals surface area contributed by atoms with Gasteiger partial charge in [-0.15, -0.1) is 0 Å². The average molecular weight is 305 g/mol. The number of hydrogen-bond donors (Lipinski definition) is 1. The van der Waals surface area contributed by atoms with E-state index in [0.717, 1.165) is 11.8 Å². The smallest absolute Gasteiger partial charge is 0.317 e. The number of carbonyl (C=O) groups is 1. The van der Waals surface area contributed by atoms with E-state index < -0.39 is 9.84 Å². The molecule has 19 heavy (non-hydrogen) atoms. The maximum Gasteiger partial charge on any atom is 0.317 e. The van der Waals surface area contributed by atoms with E-state index in [1.165, 1.54) is 11.9 Å². The van der Waals surface area contributed by atoms with Crippen LogP contribution in [0.4, 0.5) is 4.79 Å². The Morgan fingerprint density at radius 3 is 2.37 bits per heavy atom. The van der Waals surface area contributed by atoms with Gasteiger partial charge in [0.15, 0.2) is 0 Å². The topological polar surface area (TPSA) is 66.5 Å². The van der Waals surface area contributed by atoms with Gasteiger partial charge in [-0.05, 0) is 17.7 Å². The van der Waals surface area contributed by atoms with Crippen LogP contribution in [-0.2, 0) is 16.4 Å². The molecule has 0 unspecified atom stereocenters. The minimum Gasteiger partial charge on any atom is -0.341 e. The summed E-state index contributed by atoms with van der Waals surface area (Å²) in [4.78, 5) is 13.1. The normalized spacial score (nSPS) is 11.1.